The molecule has 0 saturated heterocycles. The molecular formula is C21H22N4O3S. The molecule has 3 heterocycles. The van der Waals surface area contributed by atoms with Crippen molar-refractivity contribution in [3.8, 4) is 0 Å². The first-order valence-electron chi connectivity index (χ1n) is 9.51. The number of nitrogens with one attached hydrogen (secondary N) is 1. The van der Waals surface area contributed by atoms with Gasteiger partial charge >= 0.3 is 5.97 Å². The Kier molecular flexibility index (Phi) is 5.27. The summed E-state index contributed by atoms with van der Waals surface area (Å²) < 4.78 is 7.20. The van der Waals surface area contributed by atoms with E-state index in [0.29, 0.717) is 24.3 Å². The largest absolute Gasteiger partial charge is 0.462 e. The van der Waals surface area contributed by atoms with E-state index in [2.05, 4.69) is 15.4 Å². The van der Waals surface area contributed by atoms with Crippen molar-refractivity contribution in [2.75, 3.05) is 11.9 Å². The van der Waals surface area contributed by atoms with Crippen molar-refractivity contribution in [2.24, 2.45) is 0 Å². The average Bonchev–Trinajstić information content (AvgIpc) is 2.99. The number of rotatable bonds is 5. The van der Waals surface area contributed by atoms with Crippen LogP contribution in [-0.4, -0.2) is 38.3 Å². The molecular weight excluding hydrogens is 388 g/mol. The summed E-state index contributed by atoms with van der Waals surface area (Å²) in [4.78, 5) is 29.6. The number of ether oxygens (including phenoxy) is 1. The average molecular weight is 410 g/mol. The summed E-state index contributed by atoms with van der Waals surface area (Å²) in [5.74, 6) is -0.446. The second kappa shape index (κ2) is 7.87. The van der Waals surface area contributed by atoms with E-state index in [1.165, 1.54) is 11.8 Å². The highest BCUT2D eigenvalue weighted by molar-refractivity contribution is 8.00. The number of fused-ring (bicyclic) bond motifs is 2. The number of nitrogens with zero attached hydrogens (tertiary/aromatic N) is 3. The summed E-state index contributed by atoms with van der Waals surface area (Å²) in [5, 5.41) is 7.15. The Bertz CT molecular complexity index is 1110. The molecule has 1 aromatic carbocycles. The lowest BCUT2D eigenvalue weighted by Gasteiger charge is -2.21. The zero-order chi connectivity index (χ0) is 20.5. The Labute approximate surface area is 172 Å². The normalized spacial score (nSPS) is 15.8. The molecule has 1 N–H and O–H groups in total. The number of amides is 1. The third kappa shape index (κ3) is 3.98. The first kappa shape index (κ1) is 19.4. The molecule has 7 nitrogen and oxygen atoms in total. The van der Waals surface area contributed by atoms with Crippen LogP contribution in [0.5, 0.6) is 0 Å². The van der Waals surface area contributed by atoms with Gasteiger partial charge in [-0.15, -0.1) is 11.8 Å². The van der Waals surface area contributed by atoms with Gasteiger partial charge < -0.3 is 10.1 Å². The Morgan fingerprint density at radius 1 is 1.34 bits per heavy atom. The van der Waals surface area contributed by atoms with E-state index < -0.39 is 5.97 Å². The Morgan fingerprint density at radius 3 is 3.00 bits per heavy atom. The van der Waals surface area contributed by atoms with E-state index in [0.717, 1.165) is 33.8 Å². The number of benzene rings is 1. The molecule has 0 bridgehead atoms. The highest BCUT2D eigenvalue weighted by atomic mass is 32.2. The lowest BCUT2D eigenvalue weighted by molar-refractivity contribution is -0.115. The minimum Gasteiger partial charge on any atom is -0.462 e. The second-order valence-corrected chi connectivity index (χ2v) is 8.52. The van der Waals surface area contributed by atoms with Crippen molar-refractivity contribution in [3.63, 3.8) is 0 Å². The maximum absolute atomic E-state index is 12.3. The number of carbonyl (C=O) groups excluding carboxylic acids is 2. The molecule has 1 amide bonds. The van der Waals surface area contributed by atoms with Crippen LogP contribution >= 0.6 is 11.8 Å². The van der Waals surface area contributed by atoms with E-state index in [-0.39, 0.29) is 11.2 Å². The fourth-order valence-electron chi connectivity index (χ4n) is 3.19. The van der Waals surface area contributed by atoms with Crippen molar-refractivity contribution in [2.45, 2.75) is 43.8 Å². The third-order valence-corrected chi connectivity index (χ3v) is 6.16. The van der Waals surface area contributed by atoms with Crippen molar-refractivity contribution < 1.29 is 14.3 Å². The Hall–Kier alpha value is -2.87. The summed E-state index contributed by atoms with van der Waals surface area (Å²) in [6, 6.07) is 5.26. The number of aryl methyl sites for hydroxylation is 3. The minimum absolute atomic E-state index is 0.0545. The maximum Gasteiger partial charge on any atom is 0.338 e. The van der Waals surface area contributed by atoms with Crippen LogP contribution in [0.2, 0.25) is 0 Å². The van der Waals surface area contributed by atoms with Gasteiger partial charge in [-0.05, 0) is 57.4 Å². The van der Waals surface area contributed by atoms with Gasteiger partial charge in [-0.2, -0.15) is 5.10 Å². The number of hydrogen-bond donors (Lipinski definition) is 1. The topological polar surface area (TPSA) is 85.6 Å². The highest BCUT2D eigenvalue weighted by Gasteiger charge is 2.24. The molecule has 8 heteroatoms. The van der Waals surface area contributed by atoms with Crippen molar-refractivity contribution >= 4 is 35.0 Å². The number of anilines is 1. The van der Waals surface area contributed by atoms with Gasteiger partial charge in [0.25, 0.3) is 0 Å². The summed E-state index contributed by atoms with van der Waals surface area (Å²) in [6.07, 6.45) is 5.24. The summed E-state index contributed by atoms with van der Waals surface area (Å²) in [5.41, 5.74) is 5.06. The van der Waals surface area contributed by atoms with Crippen molar-refractivity contribution in [1.82, 2.24) is 14.6 Å². The van der Waals surface area contributed by atoms with E-state index in [1.807, 2.05) is 39.2 Å². The predicted molar refractivity (Wildman–Crippen MR) is 111 cm³/mol. The number of thioether (sulfide) groups is 1. The first-order valence-corrected chi connectivity index (χ1v) is 10.4. The van der Waals surface area contributed by atoms with E-state index in [9.17, 15) is 9.59 Å². The number of aromatic nitrogens is 3. The van der Waals surface area contributed by atoms with Gasteiger partial charge in [0, 0.05) is 22.9 Å². The molecule has 0 saturated carbocycles. The van der Waals surface area contributed by atoms with Gasteiger partial charge in [0.1, 0.15) is 0 Å². The summed E-state index contributed by atoms with van der Waals surface area (Å²) >= 11 is 1.49. The van der Waals surface area contributed by atoms with E-state index in [4.69, 9.17) is 4.74 Å². The van der Waals surface area contributed by atoms with Crippen LogP contribution < -0.4 is 5.32 Å². The van der Waals surface area contributed by atoms with Crippen LogP contribution in [0.1, 0.15) is 40.5 Å². The van der Waals surface area contributed by atoms with Gasteiger partial charge in [0.2, 0.25) is 5.91 Å². The molecule has 0 fully saturated rings. The second-order valence-electron chi connectivity index (χ2n) is 7.14. The lowest BCUT2D eigenvalue weighted by Crippen LogP contribution is -2.26. The van der Waals surface area contributed by atoms with E-state index in [1.54, 1.807) is 16.6 Å². The van der Waals surface area contributed by atoms with Crippen molar-refractivity contribution in [3.05, 3.63) is 53.0 Å². The highest BCUT2D eigenvalue weighted by Crippen LogP contribution is 2.36. The zero-order valence-corrected chi connectivity index (χ0v) is 17.4. The zero-order valence-electron chi connectivity index (χ0n) is 16.6. The molecule has 0 radical (unpaired) electrons. The molecule has 0 unspecified atom stereocenters. The molecule has 2 aromatic heterocycles. The molecule has 3 aromatic rings. The number of carbonyl (C=O) groups is 2. The smallest absolute Gasteiger partial charge is 0.338 e. The molecule has 1 aliphatic heterocycles. The van der Waals surface area contributed by atoms with Crippen LogP contribution in [0.15, 0.2) is 35.5 Å². The molecule has 1 aliphatic rings. The Balaban J connectivity index is 1.32. The van der Waals surface area contributed by atoms with Gasteiger partial charge in [-0.3, -0.25) is 4.79 Å². The summed E-state index contributed by atoms with van der Waals surface area (Å²) in [6.45, 7) is 6.14. The monoisotopic (exact) mass is 410 g/mol. The molecule has 150 valence electrons. The first-order chi connectivity index (χ1) is 13.9. The van der Waals surface area contributed by atoms with Gasteiger partial charge in [-0.1, -0.05) is 0 Å². The van der Waals surface area contributed by atoms with Crippen LogP contribution in [0.3, 0.4) is 0 Å². The quantitative estimate of drug-likeness (QED) is 0.511. The fraction of sp³-hybridized carbons (Fsp3) is 0.333. The molecule has 4 rings (SSSR count). The van der Waals surface area contributed by atoms with Crippen LogP contribution in [0, 0.1) is 13.8 Å². The minimum atomic E-state index is -0.391. The standard InChI is InChI=1S/C21H22N4O3S/c1-12-13(2)24-25-11-15(10-22-19(12)25)5-4-8-28-21(27)16-6-7-18-17(9-16)23-20(26)14(3)29-18/h6-7,9-11,14H,4-5,8H2,1-3H3,(H,23,26)/t14-/m0/s1. The predicted octanol–water partition coefficient (Wildman–Crippen LogP) is 3.57. The number of hydrogen-bond acceptors (Lipinski definition) is 6. The lowest BCUT2D eigenvalue weighted by atomic mass is 10.2. The molecule has 0 aliphatic carbocycles. The van der Waals surface area contributed by atoms with Crippen LogP contribution in [-0.2, 0) is 16.0 Å². The van der Waals surface area contributed by atoms with Gasteiger partial charge in [0.15, 0.2) is 5.65 Å². The van der Waals surface area contributed by atoms with Gasteiger partial charge in [-0.25, -0.2) is 14.3 Å². The molecule has 29 heavy (non-hydrogen) atoms. The molecule has 1 atom stereocenters. The third-order valence-electron chi connectivity index (χ3n) is 4.98. The van der Waals surface area contributed by atoms with Crippen LogP contribution in [0.4, 0.5) is 5.69 Å². The molecule has 0 spiro atoms. The van der Waals surface area contributed by atoms with E-state index >= 15 is 0 Å². The maximum atomic E-state index is 12.3. The number of esters is 1. The van der Waals surface area contributed by atoms with Crippen molar-refractivity contribution in [1.29, 1.82) is 0 Å². The van der Waals surface area contributed by atoms with Gasteiger partial charge in [0.05, 0.1) is 28.8 Å². The SMILES string of the molecule is Cc1nn2cc(CCCOC(=O)c3ccc4c(c3)NC(=O)[C@H](C)S4)cnc2c1C. The van der Waals surface area contributed by atoms with Crippen LogP contribution in [0.25, 0.3) is 5.65 Å². The Morgan fingerprint density at radius 2 is 2.17 bits per heavy atom. The fourth-order valence-corrected chi connectivity index (χ4v) is 4.12. The summed E-state index contributed by atoms with van der Waals surface area (Å²) in [7, 11) is 0.